The minimum absolute atomic E-state index is 0.499. The molecule has 0 spiro atoms. The van der Waals surface area contributed by atoms with Gasteiger partial charge >= 0.3 is 0 Å². The van der Waals surface area contributed by atoms with Crippen LogP contribution < -0.4 is 10.6 Å². The molecule has 1 fully saturated rings. The van der Waals surface area contributed by atoms with Gasteiger partial charge in [-0.05, 0) is 32.0 Å². The summed E-state index contributed by atoms with van der Waals surface area (Å²) >= 11 is 6.90. The average molecular weight is 295 g/mol. The topological polar surface area (TPSA) is 54.2 Å². The van der Waals surface area contributed by atoms with Gasteiger partial charge in [-0.1, -0.05) is 19.3 Å². The molecule has 2 aromatic heterocycles. The number of aryl methyl sites for hydroxylation is 1. The molecule has 0 unspecified atom stereocenters. The predicted octanol–water partition coefficient (Wildman–Crippen LogP) is 2.72. The largest absolute Gasteiger partial charge is 0.360 e. The molecule has 1 aliphatic carbocycles. The van der Waals surface area contributed by atoms with Crippen molar-refractivity contribution < 1.29 is 0 Å². The predicted molar refractivity (Wildman–Crippen MR) is 81.8 cm³/mol. The molecule has 19 heavy (non-hydrogen) atoms. The van der Waals surface area contributed by atoms with Gasteiger partial charge in [0, 0.05) is 11.4 Å². The standard InChI is InChI=1S/C12H17N5S2/c1-8-7-19-12-15-10(16-17(8)12)14-11(18)13-9-5-3-2-4-6-9/h7,9H,2-6H2,1H3,(H2,13,14,16,18). The lowest BCUT2D eigenvalue weighted by Crippen LogP contribution is -2.39. The van der Waals surface area contributed by atoms with Crippen LogP contribution in [-0.4, -0.2) is 25.8 Å². The lowest BCUT2D eigenvalue weighted by atomic mass is 9.96. The molecule has 5 nitrogen and oxygen atoms in total. The molecule has 2 N–H and O–H groups in total. The fraction of sp³-hybridized carbons (Fsp3) is 0.583. The molecule has 2 aromatic rings. The number of nitrogens with one attached hydrogen (secondary N) is 2. The van der Waals surface area contributed by atoms with Gasteiger partial charge in [-0.15, -0.1) is 16.4 Å². The second kappa shape index (κ2) is 5.42. The lowest BCUT2D eigenvalue weighted by molar-refractivity contribution is 0.414. The van der Waals surface area contributed by atoms with Crippen LogP contribution in [0.15, 0.2) is 5.38 Å². The lowest BCUT2D eigenvalue weighted by Gasteiger charge is -2.23. The van der Waals surface area contributed by atoms with Crippen molar-refractivity contribution in [3.05, 3.63) is 11.1 Å². The van der Waals surface area contributed by atoms with Crippen molar-refractivity contribution in [1.82, 2.24) is 19.9 Å². The summed E-state index contributed by atoms with van der Waals surface area (Å²) in [6.45, 7) is 2.01. The number of rotatable bonds is 2. The number of aromatic nitrogens is 3. The van der Waals surface area contributed by atoms with E-state index in [0.29, 0.717) is 17.1 Å². The number of thiocarbonyl (C=S) groups is 1. The SMILES string of the molecule is Cc1csc2nc(NC(=S)NC3CCCCC3)nn12. The number of thiazole rings is 1. The number of fused-ring (bicyclic) bond motifs is 1. The summed E-state index contributed by atoms with van der Waals surface area (Å²) in [6, 6.07) is 0.499. The average Bonchev–Trinajstić information content (AvgIpc) is 2.93. The van der Waals surface area contributed by atoms with Crippen LogP contribution in [0.1, 0.15) is 37.8 Å². The van der Waals surface area contributed by atoms with Crippen LogP contribution in [0, 0.1) is 6.92 Å². The van der Waals surface area contributed by atoms with E-state index in [-0.39, 0.29) is 0 Å². The Morgan fingerprint density at radius 3 is 2.95 bits per heavy atom. The van der Waals surface area contributed by atoms with E-state index in [1.807, 2.05) is 16.8 Å². The Morgan fingerprint density at radius 2 is 2.21 bits per heavy atom. The molecule has 102 valence electrons. The van der Waals surface area contributed by atoms with Gasteiger partial charge in [-0.25, -0.2) is 4.52 Å². The molecule has 0 bridgehead atoms. The van der Waals surface area contributed by atoms with E-state index >= 15 is 0 Å². The molecule has 0 saturated heterocycles. The van der Waals surface area contributed by atoms with Crippen LogP contribution in [0.3, 0.4) is 0 Å². The molecule has 3 rings (SSSR count). The van der Waals surface area contributed by atoms with E-state index in [1.165, 1.54) is 32.1 Å². The molecule has 0 radical (unpaired) electrons. The van der Waals surface area contributed by atoms with Crippen LogP contribution in [0.4, 0.5) is 5.95 Å². The van der Waals surface area contributed by atoms with Crippen LogP contribution in [-0.2, 0) is 0 Å². The van der Waals surface area contributed by atoms with Crippen LogP contribution >= 0.6 is 23.6 Å². The fourth-order valence-corrected chi connectivity index (χ4v) is 3.47. The van der Waals surface area contributed by atoms with Gasteiger partial charge in [0.2, 0.25) is 10.9 Å². The van der Waals surface area contributed by atoms with Gasteiger partial charge in [0.25, 0.3) is 0 Å². The zero-order chi connectivity index (χ0) is 13.2. The Morgan fingerprint density at radius 1 is 1.42 bits per heavy atom. The molecule has 0 aromatic carbocycles. The Labute approximate surface area is 121 Å². The van der Waals surface area contributed by atoms with Crippen molar-refractivity contribution in [2.24, 2.45) is 0 Å². The molecule has 7 heteroatoms. The Balaban J connectivity index is 1.61. The Hall–Kier alpha value is -1.21. The van der Waals surface area contributed by atoms with Gasteiger partial charge in [-0.3, -0.25) is 5.32 Å². The molecular weight excluding hydrogens is 278 g/mol. The number of hydrogen-bond acceptors (Lipinski definition) is 4. The van der Waals surface area contributed by atoms with E-state index in [4.69, 9.17) is 12.2 Å². The number of hydrogen-bond donors (Lipinski definition) is 2. The van der Waals surface area contributed by atoms with Crippen LogP contribution in [0.2, 0.25) is 0 Å². The molecule has 0 aliphatic heterocycles. The highest BCUT2D eigenvalue weighted by Crippen LogP contribution is 2.18. The second-order valence-electron chi connectivity index (χ2n) is 4.94. The van der Waals surface area contributed by atoms with E-state index in [9.17, 15) is 0 Å². The van der Waals surface area contributed by atoms with Crippen molar-refractivity contribution in [2.75, 3.05) is 5.32 Å². The fourth-order valence-electron chi connectivity index (χ4n) is 2.41. The first-order valence-corrected chi connectivity index (χ1v) is 7.89. The van der Waals surface area contributed by atoms with Gasteiger partial charge in [0.15, 0.2) is 5.11 Å². The molecule has 1 saturated carbocycles. The normalized spacial score (nSPS) is 16.7. The summed E-state index contributed by atoms with van der Waals surface area (Å²) in [5, 5.41) is 13.5. The molecule has 1 aliphatic rings. The first kappa shape index (κ1) is 12.8. The van der Waals surface area contributed by atoms with Crippen LogP contribution in [0.25, 0.3) is 4.96 Å². The maximum atomic E-state index is 5.32. The van der Waals surface area contributed by atoms with E-state index in [0.717, 1.165) is 10.7 Å². The summed E-state index contributed by atoms with van der Waals surface area (Å²) in [5.41, 5.74) is 1.09. The minimum Gasteiger partial charge on any atom is -0.360 e. The first-order valence-electron chi connectivity index (χ1n) is 6.61. The first-order chi connectivity index (χ1) is 9.22. The number of anilines is 1. The summed E-state index contributed by atoms with van der Waals surface area (Å²) in [4.78, 5) is 5.29. The van der Waals surface area contributed by atoms with Gasteiger partial charge in [0.1, 0.15) is 0 Å². The summed E-state index contributed by atoms with van der Waals surface area (Å²) in [6.07, 6.45) is 6.33. The highest BCUT2D eigenvalue weighted by atomic mass is 32.1. The summed E-state index contributed by atoms with van der Waals surface area (Å²) in [7, 11) is 0. The maximum Gasteiger partial charge on any atom is 0.250 e. The van der Waals surface area contributed by atoms with Crippen LogP contribution in [0.5, 0.6) is 0 Å². The van der Waals surface area contributed by atoms with Crippen molar-refractivity contribution in [3.63, 3.8) is 0 Å². The molecule has 2 heterocycles. The zero-order valence-corrected chi connectivity index (χ0v) is 12.5. The van der Waals surface area contributed by atoms with E-state index in [1.54, 1.807) is 11.3 Å². The second-order valence-corrected chi connectivity index (χ2v) is 6.19. The maximum absolute atomic E-state index is 5.32. The minimum atomic E-state index is 0.499. The number of nitrogens with zero attached hydrogens (tertiary/aromatic N) is 3. The molecule has 0 atom stereocenters. The Kier molecular flexibility index (Phi) is 3.65. The van der Waals surface area contributed by atoms with Gasteiger partial charge in [0.05, 0.1) is 5.69 Å². The summed E-state index contributed by atoms with van der Waals surface area (Å²) in [5.74, 6) is 0.572. The summed E-state index contributed by atoms with van der Waals surface area (Å²) < 4.78 is 1.83. The third-order valence-corrected chi connectivity index (χ3v) is 4.57. The highest BCUT2D eigenvalue weighted by molar-refractivity contribution is 7.80. The smallest absolute Gasteiger partial charge is 0.250 e. The van der Waals surface area contributed by atoms with Crippen molar-refractivity contribution in [3.8, 4) is 0 Å². The highest BCUT2D eigenvalue weighted by Gasteiger charge is 2.15. The van der Waals surface area contributed by atoms with Gasteiger partial charge < -0.3 is 5.32 Å². The van der Waals surface area contributed by atoms with E-state index in [2.05, 4.69) is 20.7 Å². The van der Waals surface area contributed by atoms with Crippen molar-refractivity contribution in [1.29, 1.82) is 0 Å². The van der Waals surface area contributed by atoms with Crippen molar-refractivity contribution in [2.45, 2.75) is 45.1 Å². The molecule has 0 amide bonds. The molecular formula is C12H17N5S2. The zero-order valence-electron chi connectivity index (χ0n) is 10.8. The quantitative estimate of drug-likeness (QED) is 0.834. The third kappa shape index (κ3) is 2.87. The van der Waals surface area contributed by atoms with Crippen molar-refractivity contribution >= 4 is 39.6 Å². The van der Waals surface area contributed by atoms with Gasteiger partial charge in [-0.2, -0.15) is 4.98 Å². The van der Waals surface area contributed by atoms with E-state index < -0.39 is 0 Å². The Bertz CT molecular complexity index is 582. The monoisotopic (exact) mass is 295 g/mol. The third-order valence-electron chi connectivity index (χ3n) is 3.41.